The Bertz CT molecular complexity index is 1310. The number of benzene rings is 3. The van der Waals surface area contributed by atoms with Gasteiger partial charge in [0.25, 0.3) is 0 Å². The van der Waals surface area contributed by atoms with Gasteiger partial charge in [0.15, 0.2) is 0 Å². The number of aromatic nitrogens is 1. The third-order valence-corrected chi connectivity index (χ3v) is 6.91. The Kier molecular flexibility index (Phi) is 5.90. The van der Waals surface area contributed by atoms with Crippen molar-refractivity contribution >= 4 is 45.0 Å². The quantitative estimate of drug-likeness (QED) is 0.375. The molecule has 1 heterocycles. The van der Waals surface area contributed by atoms with Gasteiger partial charge in [-0.1, -0.05) is 70.8 Å². The first kappa shape index (κ1) is 21.0. The molecular weight excluding hydrogens is 463 g/mol. The highest BCUT2D eigenvalue weighted by Gasteiger charge is 2.22. The molecule has 0 fully saturated rings. The maximum atomic E-state index is 11.6. The fourth-order valence-electron chi connectivity index (χ4n) is 2.86. The molecule has 1 aromatic heterocycles. The van der Waals surface area contributed by atoms with Gasteiger partial charge in [-0.2, -0.15) is 0 Å². The fraction of sp³-hybridized carbons (Fsp3) is 0. The summed E-state index contributed by atoms with van der Waals surface area (Å²) in [4.78, 5) is 0.776. The molecule has 0 radical (unpaired) electrons. The van der Waals surface area contributed by atoms with Crippen LogP contribution in [-0.2, 0) is 10.0 Å². The van der Waals surface area contributed by atoms with Gasteiger partial charge in [-0.3, -0.25) is 0 Å². The molecule has 0 bridgehead atoms. The van der Waals surface area contributed by atoms with E-state index in [0.29, 0.717) is 20.8 Å². The summed E-state index contributed by atoms with van der Waals surface area (Å²) in [6, 6.07) is 21.0. The molecule has 4 aromatic rings. The molecule has 0 unspecified atom stereocenters. The van der Waals surface area contributed by atoms with Crippen molar-refractivity contribution in [3.63, 3.8) is 0 Å². The summed E-state index contributed by atoms with van der Waals surface area (Å²) >= 11 is 13.6. The summed E-state index contributed by atoms with van der Waals surface area (Å²) in [7, 11) is -3.79. The Morgan fingerprint density at radius 3 is 2.23 bits per heavy atom. The first-order valence-corrected chi connectivity index (χ1v) is 11.8. The van der Waals surface area contributed by atoms with E-state index < -0.39 is 10.0 Å². The normalized spacial score (nSPS) is 11.6. The molecule has 0 aliphatic heterocycles. The molecule has 3 aromatic carbocycles. The highest BCUT2D eigenvalue weighted by atomic mass is 35.5. The molecule has 0 spiro atoms. The predicted octanol–water partition coefficient (Wildman–Crippen LogP) is 6.11. The number of primary sulfonamides is 1. The number of hydrogen-bond acceptors (Lipinski definition) is 5. The lowest BCUT2D eigenvalue weighted by atomic mass is 10.0. The second-order valence-electron chi connectivity index (χ2n) is 6.31. The minimum absolute atomic E-state index is 0.0268. The molecule has 0 amide bonds. The Morgan fingerprint density at radius 1 is 0.900 bits per heavy atom. The molecular formula is C21H14Cl2N2O3S2. The predicted molar refractivity (Wildman–Crippen MR) is 119 cm³/mol. The standard InChI is InChI=1S/C21H14Cl2N2O3S2/c22-15-8-11-18(17(23)12-15)29-21-19(13-6-9-16(10-7-13)30(24,26)27)20(25-28-21)14-4-2-1-3-5-14/h1-12H,(H2,24,26,27). The maximum absolute atomic E-state index is 11.6. The summed E-state index contributed by atoms with van der Waals surface area (Å²) in [6.45, 7) is 0. The summed E-state index contributed by atoms with van der Waals surface area (Å²) < 4.78 is 28.9. The molecule has 30 heavy (non-hydrogen) atoms. The van der Waals surface area contributed by atoms with Gasteiger partial charge in [0, 0.05) is 15.5 Å². The summed E-state index contributed by atoms with van der Waals surface area (Å²) in [6.07, 6.45) is 0. The average Bonchev–Trinajstić information content (AvgIpc) is 3.14. The van der Waals surface area contributed by atoms with Crippen LogP contribution in [0.2, 0.25) is 10.0 Å². The van der Waals surface area contributed by atoms with Crippen molar-refractivity contribution in [1.29, 1.82) is 0 Å². The minimum Gasteiger partial charge on any atom is -0.348 e. The zero-order valence-electron chi connectivity index (χ0n) is 15.2. The van der Waals surface area contributed by atoms with E-state index in [1.807, 2.05) is 30.3 Å². The molecule has 0 saturated heterocycles. The zero-order valence-corrected chi connectivity index (χ0v) is 18.4. The van der Waals surface area contributed by atoms with Crippen LogP contribution in [0.1, 0.15) is 0 Å². The van der Waals surface area contributed by atoms with Crippen molar-refractivity contribution in [3.05, 3.63) is 82.8 Å². The average molecular weight is 477 g/mol. The SMILES string of the molecule is NS(=O)(=O)c1ccc(-c2c(-c3ccccc3)noc2Sc2ccc(Cl)cc2Cl)cc1. The van der Waals surface area contributed by atoms with E-state index in [0.717, 1.165) is 21.6 Å². The van der Waals surface area contributed by atoms with E-state index in [-0.39, 0.29) is 4.90 Å². The largest absolute Gasteiger partial charge is 0.348 e. The van der Waals surface area contributed by atoms with E-state index in [1.54, 1.807) is 30.3 Å². The van der Waals surface area contributed by atoms with Crippen LogP contribution in [0.5, 0.6) is 0 Å². The van der Waals surface area contributed by atoms with Crippen LogP contribution >= 0.6 is 35.0 Å². The Labute approximate surface area is 187 Å². The lowest BCUT2D eigenvalue weighted by molar-refractivity contribution is 0.352. The third kappa shape index (κ3) is 4.40. The van der Waals surface area contributed by atoms with Gasteiger partial charge < -0.3 is 4.52 Å². The van der Waals surface area contributed by atoms with Gasteiger partial charge in [-0.15, -0.1) is 0 Å². The van der Waals surface area contributed by atoms with E-state index in [1.165, 1.54) is 23.9 Å². The van der Waals surface area contributed by atoms with Crippen molar-refractivity contribution in [2.24, 2.45) is 5.14 Å². The van der Waals surface area contributed by atoms with Gasteiger partial charge in [0.2, 0.25) is 15.1 Å². The van der Waals surface area contributed by atoms with E-state index >= 15 is 0 Å². The van der Waals surface area contributed by atoms with Crippen LogP contribution in [-0.4, -0.2) is 13.6 Å². The number of halogens is 2. The molecule has 0 saturated carbocycles. The lowest BCUT2D eigenvalue weighted by Crippen LogP contribution is -2.11. The van der Waals surface area contributed by atoms with E-state index in [4.69, 9.17) is 32.9 Å². The molecule has 5 nitrogen and oxygen atoms in total. The third-order valence-electron chi connectivity index (χ3n) is 4.28. The number of nitrogens with two attached hydrogens (primary N) is 1. The Morgan fingerprint density at radius 2 is 1.60 bits per heavy atom. The zero-order chi connectivity index (χ0) is 21.3. The number of rotatable bonds is 5. The number of nitrogens with zero attached hydrogens (tertiary/aromatic N) is 1. The Hall–Kier alpha value is -2.29. The summed E-state index contributed by atoms with van der Waals surface area (Å²) in [5.74, 6) is 0. The number of hydrogen-bond donors (Lipinski definition) is 1. The molecule has 4 rings (SSSR count). The monoisotopic (exact) mass is 476 g/mol. The summed E-state index contributed by atoms with van der Waals surface area (Å²) in [5.41, 5.74) is 2.95. The van der Waals surface area contributed by atoms with Crippen molar-refractivity contribution in [1.82, 2.24) is 5.16 Å². The minimum atomic E-state index is -3.79. The lowest BCUT2D eigenvalue weighted by Gasteiger charge is -2.07. The van der Waals surface area contributed by atoms with Crippen LogP contribution < -0.4 is 5.14 Å². The molecule has 9 heteroatoms. The van der Waals surface area contributed by atoms with Crippen molar-refractivity contribution in [2.45, 2.75) is 14.9 Å². The highest BCUT2D eigenvalue weighted by molar-refractivity contribution is 7.99. The molecule has 0 atom stereocenters. The molecule has 152 valence electrons. The van der Waals surface area contributed by atoms with Gasteiger partial charge in [-0.05, 0) is 47.7 Å². The summed E-state index contributed by atoms with van der Waals surface area (Å²) in [5, 5.41) is 11.0. The molecule has 2 N–H and O–H groups in total. The number of sulfonamides is 1. The van der Waals surface area contributed by atoms with Gasteiger partial charge in [0.1, 0.15) is 5.69 Å². The smallest absolute Gasteiger partial charge is 0.238 e. The Balaban J connectivity index is 1.84. The van der Waals surface area contributed by atoms with Crippen LogP contribution in [0.3, 0.4) is 0 Å². The molecule has 0 aliphatic rings. The van der Waals surface area contributed by atoms with Gasteiger partial charge in [-0.25, -0.2) is 13.6 Å². The second-order valence-corrected chi connectivity index (χ2v) is 9.73. The van der Waals surface area contributed by atoms with Crippen LogP contribution in [0, 0.1) is 0 Å². The van der Waals surface area contributed by atoms with Crippen LogP contribution in [0.4, 0.5) is 0 Å². The highest BCUT2D eigenvalue weighted by Crippen LogP contribution is 2.44. The van der Waals surface area contributed by atoms with Gasteiger partial charge >= 0.3 is 0 Å². The van der Waals surface area contributed by atoms with Crippen LogP contribution in [0.15, 0.2) is 92.2 Å². The maximum Gasteiger partial charge on any atom is 0.238 e. The van der Waals surface area contributed by atoms with Crippen molar-refractivity contribution in [3.8, 4) is 22.4 Å². The van der Waals surface area contributed by atoms with E-state index in [9.17, 15) is 8.42 Å². The first-order valence-electron chi connectivity index (χ1n) is 8.64. The van der Waals surface area contributed by atoms with E-state index in [2.05, 4.69) is 5.16 Å². The first-order chi connectivity index (χ1) is 14.3. The van der Waals surface area contributed by atoms with Crippen molar-refractivity contribution in [2.75, 3.05) is 0 Å². The second kappa shape index (κ2) is 8.45. The van der Waals surface area contributed by atoms with Crippen molar-refractivity contribution < 1.29 is 12.9 Å². The van der Waals surface area contributed by atoms with Crippen LogP contribution in [0.25, 0.3) is 22.4 Å². The topological polar surface area (TPSA) is 86.2 Å². The van der Waals surface area contributed by atoms with Gasteiger partial charge in [0.05, 0.1) is 15.5 Å². The fourth-order valence-corrected chi connectivity index (χ4v) is 4.78. The molecule has 0 aliphatic carbocycles.